The highest BCUT2D eigenvalue weighted by molar-refractivity contribution is 5.96. The molecule has 1 fully saturated rings. The topological polar surface area (TPSA) is 76.2 Å². The molecule has 0 aliphatic carbocycles. The molecule has 1 aromatic carbocycles. The number of nitrogens with zero attached hydrogens (tertiary/aromatic N) is 2. The minimum absolute atomic E-state index is 0.148. The third-order valence-corrected chi connectivity index (χ3v) is 4.85. The number of esters is 1. The maximum absolute atomic E-state index is 12.6. The zero-order chi connectivity index (χ0) is 23.0. The van der Waals surface area contributed by atoms with E-state index in [0.29, 0.717) is 30.5 Å². The molecular formula is C21H27F3N2O5. The van der Waals surface area contributed by atoms with Gasteiger partial charge in [0.2, 0.25) is 5.91 Å². The number of piperidine rings is 1. The van der Waals surface area contributed by atoms with E-state index in [1.165, 1.54) is 36.2 Å². The summed E-state index contributed by atoms with van der Waals surface area (Å²) in [4.78, 5) is 39.9. The highest BCUT2D eigenvalue weighted by Gasteiger charge is 2.30. The fraction of sp³-hybridized carbons (Fsp3) is 0.571. The van der Waals surface area contributed by atoms with Crippen LogP contribution in [0.3, 0.4) is 0 Å². The molecule has 2 rings (SSSR count). The lowest BCUT2D eigenvalue weighted by atomic mass is 9.98. The van der Waals surface area contributed by atoms with Crippen LogP contribution in [0.1, 0.15) is 35.7 Å². The largest absolute Gasteiger partial charge is 0.466 e. The molecule has 1 aliphatic heterocycles. The Balaban J connectivity index is 1.87. The Hall–Kier alpha value is -2.62. The molecule has 7 nitrogen and oxygen atoms in total. The van der Waals surface area contributed by atoms with Crippen molar-refractivity contribution in [1.29, 1.82) is 0 Å². The molecule has 0 N–H and O–H groups in total. The minimum Gasteiger partial charge on any atom is -0.466 e. The monoisotopic (exact) mass is 444 g/mol. The van der Waals surface area contributed by atoms with Crippen LogP contribution in [-0.2, 0) is 25.7 Å². The Labute approximate surface area is 179 Å². The number of benzene rings is 1. The Morgan fingerprint density at radius 2 is 1.87 bits per heavy atom. The van der Waals surface area contributed by atoms with E-state index in [1.54, 1.807) is 11.8 Å². The molecule has 1 aliphatic rings. The summed E-state index contributed by atoms with van der Waals surface area (Å²) in [6.07, 6.45) is -3.04. The number of carbonyl (C=O) groups excluding carboxylic acids is 3. The molecule has 0 radical (unpaired) electrons. The zero-order valence-electron chi connectivity index (χ0n) is 17.6. The van der Waals surface area contributed by atoms with E-state index in [0.717, 1.165) is 0 Å². The SMILES string of the molecule is CCOC(=O)[C@@H]1CCCN(C(=O)CN(C)C(=O)c2ccc(COCC(F)(F)F)cc2)C1. The summed E-state index contributed by atoms with van der Waals surface area (Å²) >= 11 is 0. The average molecular weight is 444 g/mol. The number of likely N-dealkylation sites (tertiary alicyclic amines) is 1. The fourth-order valence-electron chi connectivity index (χ4n) is 3.28. The van der Waals surface area contributed by atoms with Gasteiger partial charge in [0.1, 0.15) is 6.61 Å². The van der Waals surface area contributed by atoms with Crippen LogP contribution in [0.5, 0.6) is 0 Å². The van der Waals surface area contributed by atoms with Crippen molar-refractivity contribution >= 4 is 17.8 Å². The molecule has 172 valence electrons. The van der Waals surface area contributed by atoms with Crippen LogP contribution in [0.25, 0.3) is 0 Å². The number of ether oxygens (including phenoxy) is 2. The first-order chi connectivity index (χ1) is 14.6. The molecule has 1 aromatic rings. The van der Waals surface area contributed by atoms with Crippen LogP contribution in [-0.4, -0.2) is 73.7 Å². The van der Waals surface area contributed by atoms with Gasteiger partial charge in [-0.3, -0.25) is 14.4 Å². The number of hydrogen-bond acceptors (Lipinski definition) is 5. The van der Waals surface area contributed by atoms with E-state index >= 15 is 0 Å². The molecule has 1 atom stereocenters. The van der Waals surface area contributed by atoms with Gasteiger partial charge in [-0.05, 0) is 37.5 Å². The molecule has 0 bridgehead atoms. The first kappa shape index (κ1) is 24.6. The quantitative estimate of drug-likeness (QED) is 0.577. The lowest BCUT2D eigenvalue weighted by Gasteiger charge is -2.32. The third-order valence-electron chi connectivity index (χ3n) is 4.85. The van der Waals surface area contributed by atoms with E-state index in [2.05, 4.69) is 4.74 Å². The highest BCUT2D eigenvalue weighted by atomic mass is 19.4. The van der Waals surface area contributed by atoms with E-state index in [-0.39, 0.29) is 44.1 Å². The van der Waals surface area contributed by atoms with Crippen molar-refractivity contribution in [2.45, 2.75) is 32.5 Å². The fourth-order valence-corrected chi connectivity index (χ4v) is 3.28. The van der Waals surface area contributed by atoms with Gasteiger partial charge in [0, 0.05) is 25.7 Å². The lowest BCUT2D eigenvalue weighted by molar-refractivity contribution is -0.176. The van der Waals surface area contributed by atoms with Crippen molar-refractivity contribution in [3.05, 3.63) is 35.4 Å². The number of amides is 2. The summed E-state index contributed by atoms with van der Waals surface area (Å²) in [6.45, 7) is 1.09. The molecule has 0 unspecified atom stereocenters. The Kier molecular flexibility index (Phi) is 8.85. The summed E-state index contributed by atoms with van der Waals surface area (Å²) in [5, 5.41) is 0. The van der Waals surface area contributed by atoms with Crippen LogP contribution >= 0.6 is 0 Å². The predicted molar refractivity (Wildman–Crippen MR) is 105 cm³/mol. The first-order valence-corrected chi connectivity index (χ1v) is 10.0. The highest BCUT2D eigenvalue weighted by Crippen LogP contribution is 2.19. The van der Waals surface area contributed by atoms with Gasteiger partial charge < -0.3 is 19.3 Å². The second-order valence-electron chi connectivity index (χ2n) is 7.40. The van der Waals surface area contributed by atoms with Crippen LogP contribution in [0.2, 0.25) is 0 Å². The molecule has 1 heterocycles. The van der Waals surface area contributed by atoms with Crippen molar-refractivity contribution in [1.82, 2.24) is 9.80 Å². The van der Waals surface area contributed by atoms with Crippen molar-refractivity contribution < 1.29 is 37.0 Å². The molecule has 2 amide bonds. The number of hydrogen-bond donors (Lipinski definition) is 0. The molecule has 31 heavy (non-hydrogen) atoms. The molecule has 10 heteroatoms. The third kappa shape index (κ3) is 7.86. The molecule has 0 aromatic heterocycles. The summed E-state index contributed by atoms with van der Waals surface area (Å²) in [5.41, 5.74) is 0.802. The van der Waals surface area contributed by atoms with Gasteiger partial charge in [0.25, 0.3) is 5.91 Å². The van der Waals surface area contributed by atoms with Crippen LogP contribution in [0.4, 0.5) is 13.2 Å². The van der Waals surface area contributed by atoms with Crippen LogP contribution in [0, 0.1) is 5.92 Å². The molecule has 0 spiro atoms. The van der Waals surface area contributed by atoms with E-state index in [1.807, 2.05) is 0 Å². The van der Waals surface area contributed by atoms with Crippen molar-refractivity contribution in [3.63, 3.8) is 0 Å². The molecule has 1 saturated heterocycles. The Morgan fingerprint density at radius 3 is 2.48 bits per heavy atom. The van der Waals surface area contributed by atoms with Gasteiger partial charge >= 0.3 is 12.1 Å². The van der Waals surface area contributed by atoms with Gasteiger partial charge in [-0.15, -0.1) is 0 Å². The molecule has 0 saturated carbocycles. The maximum atomic E-state index is 12.6. The lowest BCUT2D eigenvalue weighted by Crippen LogP contribution is -2.47. The van der Waals surface area contributed by atoms with Gasteiger partial charge in [-0.25, -0.2) is 0 Å². The van der Waals surface area contributed by atoms with Gasteiger partial charge in [0.15, 0.2) is 0 Å². The normalized spacial score (nSPS) is 16.7. The molecular weight excluding hydrogens is 417 g/mol. The Bertz CT molecular complexity index is 767. The smallest absolute Gasteiger partial charge is 0.411 e. The maximum Gasteiger partial charge on any atom is 0.411 e. The van der Waals surface area contributed by atoms with E-state index in [9.17, 15) is 27.6 Å². The zero-order valence-corrected chi connectivity index (χ0v) is 17.6. The van der Waals surface area contributed by atoms with Crippen molar-refractivity contribution in [2.24, 2.45) is 5.92 Å². The van der Waals surface area contributed by atoms with E-state index in [4.69, 9.17) is 4.74 Å². The standard InChI is InChI=1S/C21H27F3N2O5/c1-3-31-20(29)17-5-4-10-26(11-17)18(27)12-25(2)19(28)16-8-6-15(7-9-16)13-30-14-21(22,23)24/h6-9,17H,3-5,10-14H2,1-2H3/t17-/m1/s1. The van der Waals surface area contributed by atoms with Crippen LogP contribution < -0.4 is 0 Å². The van der Waals surface area contributed by atoms with Gasteiger partial charge in [-0.2, -0.15) is 13.2 Å². The summed E-state index contributed by atoms with van der Waals surface area (Å²) in [5.74, 6) is -1.33. The average Bonchev–Trinajstić information content (AvgIpc) is 2.73. The second-order valence-corrected chi connectivity index (χ2v) is 7.40. The van der Waals surface area contributed by atoms with Gasteiger partial charge in [-0.1, -0.05) is 12.1 Å². The van der Waals surface area contributed by atoms with E-state index < -0.39 is 18.7 Å². The number of rotatable bonds is 8. The number of alkyl halides is 3. The van der Waals surface area contributed by atoms with Crippen molar-refractivity contribution in [2.75, 3.05) is 39.9 Å². The van der Waals surface area contributed by atoms with Crippen molar-refractivity contribution in [3.8, 4) is 0 Å². The summed E-state index contributed by atoms with van der Waals surface area (Å²) in [6, 6.07) is 5.97. The number of likely N-dealkylation sites (N-methyl/N-ethyl adjacent to an activating group) is 1. The summed E-state index contributed by atoms with van der Waals surface area (Å²) < 4.78 is 46.0. The second kappa shape index (κ2) is 11.1. The number of halogens is 3. The first-order valence-electron chi connectivity index (χ1n) is 10.0. The summed E-state index contributed by atoms with van der Waals surface area (Å²) in [7, 11) is 1.49. The minimum atomic E-state index is -4.39. The predicted octanol–water partition coefficient (Wildman–Crippen LogP) is 2.64. The number of carbonyl (C=O) groups is 3. The van der Waals surface area contributed by atoms with Gasteiger partial charge in [0.05, 0.1) is 25.7 Å². The Morgan fingerprint density at radius 1 is 1.19 bits per heavy atom. The van der Waals surface area contributed by atoms with Crippen LogP contribution in [0.15, 0.2) is 24.3 Å².